The molecule has 0 bridgehead atoms. The molecule has 0 fully saturated rings. The second-order valence-electron chi connectivity index (χ2n) is 5.44. The number of benzene rings is 1. The zero-order valence-electron chi connectivity index (χ0n) is 12.2. The molecule has 1 aromatic carbocycles. The van der Waals surface area contributed by atoms with Gasteiger partial charge in [-0.3, -0.25) is 0 Å². The van der Waals surface area contributed by atoms with Crippen LogP contribution in [0.1, 0.15) is 39.2 Å². The summed E-state index contributed by atoms with van der Waals surface area (Å²) >= 11 is 1.95. The van der Waals surface area contributed by atoms with E-state index < -0.39 is 0 Å². The Morgan fingerprint density at radius 3 is 2.50 bits per heavy atom. The minimum atomic E-state index is 0.643. The lowest BCUT2D eigenvalue weighted by molar-refractivity contribution is 0.460. The molecule has 1 N–H and O–H groups in total. The molecule has 0 aromatic heterocycles. The van der Waals surface area contributed by atoms with Crippen LogP contribution >= 0.6 is 11.8 Å². The summed E-state index contributed by atoms with van der Waals surface area (Å²) in [5, 5.41) is 3.61. The van der Waals surface area contributed by atoms with Crippen LogP contribution in [0.4, 0.5) is 0 Å². The lowest BCUT2D eigenvalue weighted by Gasteiger charge is -2.15. The smallest absolute Gasteiger partial charge is 0.0106 e. The van der Waals surface area contributed by atoms with E-state index in [0.29, 0.717) is 6.04 Å². The highest BCUT2D eigenvalue weighted by Crippen LogP contribution is 2.21. The number of nitrogens with one attached hydrogen (secondary N) is 1. The minimum absolute atomic E-state index is 0.643. The minimum Gasteiger partial charge on any atom is -0.313 e. The third kappa shape index (κ3) is 6.46. The molecular formula is C16H27NS. The molecule has 1 nitrogen and oxygen atoms in total. The summed E-state index contributed by atoms with van der Waals surface area (Å²) in [6.07, 6.45) is 2.60. The van der Waals surface area contributed by atoms with E-state index in [9.17, 15) is 0 Å². The van der Waals surface area contributed by atoms with Gasteiger partial charge in [-0.05, 0) is 44.2 Å². The number of hydrogen-bond donors (Lipinski definition) is 1. The van der Waals surface area contributed by atoms with E-state index in [0.717, 1.165) is 18.2 Å². The monoisotopic (exact) mass is 265 g/mol. The first-order valence-corrected chi connectivity index (χ1v) is 8.00. The molecule has 0 aliphatic heterocycles. The van der Waals surface area contributed by atoms with Gasteiger partial charge in [0.05, 0.1) is 0 Å². The van der Waals surface area contributed by atoms with Crippen molar-refractivity contribution >= 4 is 11.8 Å². The van der Waals surface area contributed by atoms with Gasteiger partial charge in [-0.15, -0.1) is 11.8 Å². The molecule has 1 atom stereocenters. The molecule has 0 saturated carbocycles. The molecule has 2 heteroatoms. The number of hydrogen-bond acceptors (Lipinski definition) is 2. The first-order chi connectivity index (χ1) is 8.59. The Balaban J connectivity index is 2.13. The lowest BCUT2D eigenvalue weighted by atomic mass is 10.0. The summed E-state index contributed by atoms with van der Waals surface area (Å²) in [4.78, 5) is 1.41. The standard InChI is InChI=1S/C16H27NS/c1-13(2)9-10-15(4)17-11-12-18-16-8-6-5-7-14(16)3/h5-8,13,15,17H,9-12H2,1-4H3. The van der Waals surface area contributed by atoms with Crippen molar-refractivity contribution < 1.29 is 0 Å². The van der Waals surface area contributed by atoms with Crippen molar-refractivity contribution in [1.82, 2.24) is 5.32 Å². The molecule has 102 valence electrons. The fourth-order valence-electron chi connectivity index (χ4n) is 1.87. The topological polar surface area (TPSA) is 12.0 Å². The largest absolute Gasteiger partial charge is 0.313 e. The molecule has 0 radical (unpaired) electrons. The first kappa shape index (κ1) is 15.6. The third-order valence-corrected chi connectivity index (χ3v) is 4.30. The van der Waals surface area contributed by atoms with Crippen LogP contribution in [0.5, 0.6) is 0 Å². The van der Waals surface area contributed by atoms with Crippen LogP contribution < -0.4 is 5.32 Å². The molecule has 1 unspecified atom stereocenters. The second kappa shape index (κ2) is 8.60. The highest BCUT2D eigenvalue weighted by atomic mass is 32.2. The molecule has 0 saturated heterocycles. The van der Waals surface area contributed by atoms with E-state index in [2.05, 4.69) is 57.3 Å². The van der Waals surface area contributed by atoms with Crippen molar-refractivity contribution in [2.75, 3.05) is 12.3 Å². The van der Waals surface area contributed by atoms with Crippen LogP contribution in [0.15, 0.2) is 29.2 Å². The summed E-state index contributed by atoms with van der Waals surface area (Å²) in [7, 11) is 0. The Hall–Kier alpha value is -0.470. The van der Waals surface area contributed by atoms with Crippen molar-refractivity contribution in [3.8, 4) is 0 Å². The van der Waals surface area contributed by atoms with Gasteiger partial charge in [0.25, 0.3) is 0 Å². The van der Waals surface area contributed by atoms with E-state index in [-0.39, 0.29) is 0 Å². The van der Waals surface area contributed by atoms with Crippen LogP contribution in [-0.4, -0.2) is 18.3 Å². The fraction of sp³-hybridized carbons (Fsp3) is 0.625. The summed E-state index contributed by atoms with van der Waals surface area (Å²) in [5.41, 5.74) is 1.38. The van der Waals surface area contributed by atoms with Crippen LogP contribution in [0.25, 0.3) is 0 Å². The molecule has 0 amide bonds. The quantitative estimate of drug-likeness (QED) is 0.548. The molecule has 0 aliphatic rings. The number of aryl methyl sites for hydroxylation is 1. The molecule has 18 heavy (non-hydrogen) atoms. The van der Waals surface area contributed by atoms with Crippen LogP contribution in [0.3, 0.4) is 0 Å². The highest BCUT2D eigenvalue weighted by molar-refractivity contribution is 7.99. The van der Waals surface area contributed by atoms with Gasteiger partial charge >= 0.3 is 0 Å². The van der Waals surface area contributed by atoms with Gasteiger partial charge in [-0.1, -0.05) is 32.0 Å². The van der Waals surface area contributed by atoms with Gasteiger partial charge in [0, 0.05) is 23.2 Å². The third-order valence-electron chi connectivity index (χ3n) is 3.12. The van der Waals surface area contributed by atoms with Crippen molar-refractivity contribution in [1.29, 1.82) is 0 Å². The maximum atomic E-state index is 3.61. The van der Waals surface area contributed by atoms with E-state index in [4.69, 9.17) is 0 Å². The molecule has 1 aromatic rings. The lowest BCUT2D eigenvalue weighted by Crippen LogP contribution is -2.28. The molecule has 0 spiro atoms. The SMILES string of the molecule is Cc1ccccc1SCCNC(C)CCC(C)C. The Morgan fingerprint density at radius 2 is 1.83 bits per heavy atom. The van der Waals surface area contributed by atoms with E-state index in [1.165, 1.54) is 23.3 Å². The molecule has 0 heterocycles. The van der Waals surface area contributed by atoms with Crippen molar-refractivity contribution in [3.63, 3.8) is 0 Å². The Bertz CT molecular complexity index is 336. The van der Waals surface area contributed by atoms with Crippen molar-refractivity contribution in [2.45, 2.75) is 51.5 Å². The molecule has 0 aliphatic carbocycles. The van der Waals surface area contributed by atoms with E-state index in [1.807, 2.05) is 11.8 Å². The van der Waals surface area contributed by atoms with Crippen LogP contribution in [0, 0.1) is 12.8 Å². The van der Waals surface area contributed by atoms with E-state index in [1.54, 1.807) is 0 Å². The number of thioether (sulfide) groups is 1. The van der Waals surface area contributed by atoms with Gasteiger partial charge in [-0.25, -0.2) is 0 Å². The van der Waals surface area contributed by atoms with E-state index >= 15 is 0 Å². The molecule has 1 rings (SSSR count). The van der Waals surface area contributed by atoms with Crippen molar-refractivity contribution in [2.24, 2.45) is 5.92 Å². The van der Waals surface area contributed by atoms with Gasteiger partial charge in [0.1, 0.15) is 0 Å². The first-order valence-electron chi connectivity index (χ1n) is 7.01. The Kier molecular flexibility index (Phi) is 7.45. The van der Waals surface area contributed by atoms with Crippen LogP contribution in [-0.2, 0) is 0 Å². The predicted molar refractivity (Wildman–Crippen MR) is 83.4 cm³/mol. The summed E-state index contributed by atoms with van der Waals surface area (Å²) in [6.45, 7) is 10.2. The summed E-state index contributed by atoms with van der Waals surface area (Å²) in [5.74, 6) is 1.97. The zero-order valence-corrected chi connectivity index (χ0v) is 13.0. The van der Waals surface area contributed by atoms with Gasteiger partial charge in [0.15, 0.2) is 0 Å². The predicted octanol–water partition coefficient (Wildman–Crippen LogP) is 4.50. The summed E-state index contributed by atoms with van der Waals surface area (Å²) < 4.78 is 0. The van der Waals surface area contributed by atoms with Gasteiger partial charge < -0.3 is 5.32 Å². The maximum Gasteiger partial charge on any atom is 0.0106 e. The van der Waals surface area contributed by atoms with Crippen LogP contribution in [0.2, 0.25) is 0 Å². The zero-order chi connectivity index (χ0) is 13.4. The highest BCUT2D eigenvalue weighted by Gasteiger charge is 2.03. The Labute approximate surface area is 117 Å². The number of rotatable bonds is 8. The average Bonchev–Trinajstić information content (AvgIpc) is 2.34. The normalized spacial score (nSPS) is 12.9. The molecular weight excluding hydrogens is 238 g/mol. The Morgan fingerprint density at radius 1 is 1.11 bits per heavy atom. The van der Waals surface area contributed by atoms with Gasteiger partial charge in [0.2, 0.25) is 0 Å². The second-order valence-corrected chi connectivity index (χ2v) is 6.58. The fourth-order valence-corrected chi connectivity index (χ4v) is 2.78. The average molecular weight is 265 g/mol. The summed E-state index contributed by atoms with van der Waals surface area (Å²) in [6, 6.07) is 9.26. The van der Waals surface area contributed by atoms with Gasteiger partial charge in [-0.2, -0.15) is 0 Å². The maximum absolute atomic E-state index is 3.61. The van der Waals surface area contributed by atoms with Crippen molar-refractivity contribution in [3.05, 3.63) is 29.8 Å².